The van der Waals surface area contributed by atoms with Gasteiger partial charge in [0, 0.05) is 18.2 Å². The number of benzene rings is 1. The van der Waals surface area contributed by atoms with E-state index in [9.17, 15) is 20.0 Å². The number of rotatable bonds is 3. The van der Waals surface area contributed by atoms with Crippen molar-refractivity contribution in [3.05, 3.63) is 38.9 Å². The lowest BCUT2D eigenvalue weighted by Crippen LogP contribution is -2.39. The summed E-state index contributed by atoms with van der Waals surface area (Å²) in [6, 6.07) is 3.66. The first-order valence-electron chi connectivity index (χ1n) is 6.40. The number of halogens is 1. The van der Waals surface area contributed by atoms with Crippen LogP contribution in [0.4, 0.5) is 5.69 Å². The first-order chi connectivity index (χ1) is 9.47. The zero-order chi connectivity index (χ0) is 14.7. The molecule has 2 rings (SSSR count). The number of nitrogens with zero attached hydrogens (tertiary/aromatic N) is 1. The van der Waals surface area contributed by atoms with E-state index in [1.54, 1.807) is 0 Å². The summed E-state index contributed by atoms with van der Waals surface area (Å²) in [7, 11) is 0. The Morgan fingerprint density at radius 2 is 2.20 bits per heavy atom. The number of carbonyl (C=O) groups is 1. The van der Waals surface area contributed by atoms with Crippen LogP contribution in [0.2, 0.25) is 5.02 Å². The summed E-state index contributed by atoms with van der Waals surface area (Å²) in [5.41, 5.74) is 0.0527. The van der Waals surface area contributed by atoms with E-state index in [0.717, 1.165) is 25.3 Å². The topological polar surface area (TPSA) is 92.5 Å². The minimum Gasteiger partial charge on any atom is -0.393 e. The van der Waals surface area contributed by atoms with Gasteiger partial charge in [-0.1, -0.05) is 11.6 Å². The highest BCUT2D eigenvalue weighted by molar-refractivity contribution is 6.34. The van der Waals surface area contributed by atoms with Crippen LogP contribution in [0.15, 0.2) is 18.2 Å². The Labute approximate surface area is 120 Å². The van der Waals surface area contributed by atoms with E-state index < -0.39 is 4.92 Å². The molecular weight excluding hydrogens is 284 g/mol. The minimum absolute atomic E-state index is 0.0491. The molecular formula is C13H15ClN2O4. The van der Waals surface area contributed by atoms with Gasteiger partial charge in [0.05, 0.1) is 21.6 Å². The molecule has 0 bridgehead atoms. The molecule has 1 saturated carbocycles. The molecule has 1 aliphatic carbocycles. The number of aliphatic hydroxyl groups is 1. The number of hydrogen-bond acceptors (Lipinski definition) is 4. The quantitative estimate of drug-likeness (QED) is 0.661. The molecule has 6 nitrogen and oxygen atoms in total. The van der Waals surface area contributed by atoms with Crippen LogP contribution in [0.3, 0.4) is 0 Å². The average Bonchev–Trinajstić information content (AvgIpc) is 2.38. The third-order valence-corrected chi connectivity index (χ3v) is 3.70. The number of aliphatic hydroxyl groups excluding tert-OH is 1. The van der Waals surface area contributed by atoms with Gasteiger partial charge >= 0.3 is 0 Å². The normalized spacial score (nSPS) is 22.3. The largest absolute Gasteiger partial charge is 0.393 e. The fourth-order valence-corrected chi connectivity index (χ4v) is 2.62. The van der Waals surface area contributed by atoms with Crippen LogP contribution in [0, 0.1) is 10.1 Å². The smallest absolute Gasteiger partial charge is 0.270 e. The van der Waals surface area contributed by atoms with E-state index >= 15 is 0 Å². The summed E-state index contributed by atoms with van der Waals surface area (Å²) in [6.07, 6.45) is 2.57. The number of nitrogens with one attached hydrogen (secondary N) is 1. The molecule has 1 aliphatic rings. The highest BCUT2D eigenvalue weighted by atomic mass is 35.5. The number of nitro groups is 1. The van der Waals surface area contributed by atoms with Crippen molar-refractivity contribution in [2.75, 3.05) is 0 Å². The molecule has 7 heteroatoms. The number of carbonyl (C=O) groups excluding carboxylic acids is 1. The molecule has 0 aromatic heterocycles. The van der Waals surface area contributed by atoms with Crippen molar-refractivity contribution in [2.24, 2.45) is 0 Å². The molecule has 0 heterocycles. The highest BCUT2D eigenvalue weighted by Gasteiger charge is 2.23. The molecule has 1 aromatic rings. The van der Waals surface area contributed by atoms with Crippen LogP contribution in [0.25, 0.3) is 0 Å². The molecule has 0 radical (unpaired) electrons. The van der Waals surface area contributed by atoms with Crippen molar-refractivity contribution in [1.82, 2.24) is 5.32 Å². The maximum absolute atomic E-state index is 12.1. The average molecular weight is 299 g/mol. The van der Waals surface area contributed by atoms with E-state index in [-0.39, 0.29) is 34.3 Å². The predicted octanol–water partition coefficient (Wildman–Crippen LogP) is 2.28. The maximum atomic E-state index is 12.1. The minimum atomic E-state index is -0.564. The van der Waals surface area contributed by atoms with Crippen molar-refractivity contribution in [3.63, 3.8) is 0 Å². The molecule has 0 spiro atoms. The second-order valence-electron chi connectivity index (χ2n) is 4.91. The SMILES string of the molecule is O=C(NC1CCCC(O)C1)c1ccc([N+](=O)[O-])cc1Cl. The maximum Gasteiger partial charge on any atom is 0.270 e. The number of hydrogen-bond donors (Lipinski definition) is 2. The lowest BCUT2D eigenvalue weighted by Gasteiger charge is -2.26. The van der Waals surface area contributed by atoms with Crippen molar-refractivity contribution in [1.29, 1.82) is 0 Å². The standard InChI is InChI=1S/C13H15ClN2O4/c14-12-7-9(16(19)20)4-5-11(12)13(18)15-8-2-1-3-10(17)6-8/h4-5,7-8,10,17H,1-3,6H2,(H,15,18). The molecule has 1 fully saturated rings. The Morgan fingerprint density at radius 3 is 2.80 bits per heavy atom. The first-order valence-corrected chi connectivity index (χ1v) is 6.78. The van der Waals surface area contributed by atoms with Crippen LogP contribution < -0.4 is 5.32 Å². The second kappa shape index (κ2) is 6.19. The Balaban J connectivity index is 2.07. The molecule has 2 N–H and O–H groups in total. The zero-order valence-corrected chi connectivity index (χ0v) is 11.5. The lowest BCUT2D eigenvalue weighted by atomic mass is 9.93. The molecule has 0 saturated heterocycles. The van der Waals surface area contributed by atoms with Crippen molar-refractivity contribution < 1.29 is 14.8 Å². The van der Waals surface area contributed by atoms with E-state index in [4.69, 9.17) is 11.6 Å². The molecule has 108 valence electrons. The molecule has 1 amide bonds. The van der Waals surface area contributed by atoms with Crippen molar-refractivity contribution >= 4 is 23.2 Å². The Bertz CT molecular complexity index is 535. The molecule has 2 unspecified atom stereocenters. The van der Waals surface area contributed by atoms with Gasteiger partial charge in [-0.15, -0.1) is 0 Å². The highest BCUT2D eigenvalue weighted by Crippen LogP contribution is 2.24. The molecule has 0 aliphatic heterocycles. The summed E-state index contributed by atoms with van der Waals surface area (Å²) in [5, 5.41) is 23.0. The van der Waals surface area contributed by atoms with Crippen molar-refractivity contribution in [3.8, 4) is 0 Å². The van der Waals surface area contributed by atoms with Gasteiger partial charge < -0.3 is 10.4 Å². The summed E-state index contributed by atoms with van der Waals surface area (Å²) >= 11 is 5.90. The fourth-order valence-electron chi connectivity index (χ4n) is 2.36. The monoisotopic (exact) mass is 298 g/mol. The molecule has 1 aromatic carbocycles. The van der Waals surface area contributed by atoms with E-state index in [2.05, 4.69) is 5.32 Å². The summed E-state index contributed by atoms with van der Waals surface area (Å²) in [5.74, 6) is -0.371. The number of non-ortho nitro benzene ring substituents is 1. The van der Waals surface area contributed by atoms with Gasteiger partial charge in [0.15, 0.2) is 0 Å². The third kappa shape index (κ3) is 3.46. The van der Waals surface area contributed by atoms with Crippen molar-refractivity contribution in [2.45, 2.75) is 37.8 Å². The summed E-state index contributed by atoms with van der Waals surface area (Å²) in [6.45, 7) is 0. The van der Waals surface area contributed by atoms with Crippen LogP contribution in [-0.2, 0) is 0 Å². The second-order valence-corrected chi connectivity index (χ2v) is 5.32. The van der Waals surface area contributed by atoms with E-state index in [1.807, 2.05) is 0 Å². The van der Waals surface area contributed by atoms with Gasteiger partial charge in [0.25, 0.3) is 11.6 Å². The van der Waals surface area contributed by atoms with Crippen LogP contribution in [0.5, 0.6) is 0 Å². The number of amides is 1. The van der Waals surface area contributed by atoms with Crippen LogP contribution in [-0.4, -0.2) is 28.1 Å². The van der Waals surface area contributed by atoms with Gasteiger partial charge in [-0.25, -0.2) is 0 Å². The van der Waals surface area contributed by atoms with Gasteiger partial charge in [0.2, 0.25) is 0 Å². The Hall–Kier alpha value is -1.66. The van der Waals surface area contributed by atoms with Gasteiger partial charge in [-0.2, -0.15) is 0 Å². The summed E-state index contributed by atoms with van der Waals surface area (Å²) in [4.78, 5) is 22.1. The summed E-state index contributed by atoms with van der Waals surface area (Å²) < 4.78 is 0. The Kier molecular flexibility index (Phi) is 4.57. The Morgan fingerprint density at radius 1 is 1.45 bits per heavy atom. The van der Waals surface area contributed by atoms with E-state index in [0.29, 0.717) is 6.42 Å². The predicted molar refractivity (Wildman–Crippen MR) is 73.8 cm³/mol. The zero-order valence-electron chi connectivity index (χ0n) is 10.7. The van der Waals surface area contributed by atoms with E-state index in [1.165, 1.54) is 12.1 Å². The van der Waals surface area contributed by atoms with Gasteiger partial charge in [0.1, 0.15) is 0 Å². The third-order valence-electron chi connectivity index (χ3n) is 3.39. The lowest BCUT2D eigenvalue weighted by molar-refractivity contribution is -0.384. The van der Waals surface area contributed by atoms with Crippen LogP contribution in [0.1, 0.15) is 36.0 Å². The molecule has 20 heavy (non-hydrogen) atoms. The van der Waals surface area contributed by atoms with Crippen LogP contribution >= 0.6 is 11.6 Å². The molecule has 2 atom stereocenters. The van der Waals surface area contributed by atoms with Gasteiger partial charge in [-0.3, -0.25) is 14.9 Å². The number of nitro benzene ring substituents is 1. The first kappa shape index (κ1) is 14.7. The van der Waals surface area contributed by atoms with Gasteiger partial charge in [-0.05, 0) is 31.7 Å². The fraction of sp³-hybridized carbons (Fsp3) is 0.462.